The van der Waals surface area contributed by atoms with E-state index in [-0.39, 0.29) is 5.41 Å². The van der Waals surface area contributed by atoms with Crippen molar-refractivity contribution in [3.05, 3.63) is 0 Å². The molecular weight excluding hydrogens is 168 g/mol. The maximum atomic E-state index is 10.9. The van der Waals surface area contributed by atoms with Gasteiger partial charge in [-0.15, -0.1) is 0 Å². The second-order valence-electron chi connectivity index (χ2n) is 4.57. The highest BCUT2D eigenvalue weighted by Gasteiger charge is 2.70. The van der Waals surface area contributed by atoms with Crippen molar-refractivity contribution in [1.29, 1.82) is 0 Å². The molecule has 13 heavy (non-hydrogen) atoms. The molecule has 0 radical (unpaired) electrons. The van der Waals surface area contributed by atoms with E-state index in [1.165, 1.54) is 0 Å². The van der Waals surface area contributed by atoms with Gasteiger partial charge in [-0.3, -0.25) is 4.79 Å². The third kappa shape index (κ3) is 1.09. The average molecular weight is 184 g/mol. The smallest absolute Gasteiger partial charge is 0.324 e. The lowest BCUT2D eigenvalue weighted by molar-refractivity contribution is -0.141. The van der Waals surface area contributed by atoms with Crippen LogP contribution in [0.25, 0.3) is 0 Å². The molecule has 1 spiro atoms. The Morgan fingerprint density at radius 1 is 1.62 bits per heavy atom. The molecule has 0 aromatic heterocycles. The first-order chi connectivity index (χ1) is 6.00. The van der Waals surface area contributed by atoms with E-state index < -0.39 is 11.5 Å². The van der Waals surface area contributed by atoms with Crippen LogP contribution in [0.2, 0.25) is 0 Å². The number of carbonyl (C=O) groups is 1. The minimum Gasteiger partial charge on any atom is -0.480 e. The molecule has 0 aromatic carbocycles. The Hall–Kier alpha value is -0.610. The monoisotopic (exact) mass is 184 g/mol. The van der Waals surface area contributed by atoms with Crippen LogP contribution in [-0.2, 0) is 4.79 Å². The molecule has 1 aliphatic heterocycles. The van der Waals surface area contributed by atoms with E-state index >= 15 is 0 Å². The molecule has 2 fully saturated rings. The maximum Gasteiger partial charge on any atom is 0.324 e. The molecule has 0 bridgehead atoms. The lowest BCUT2D eigenvalue weighted by Gasteiger charge is -2.31. The lowest BCUT2D eigenvalue weighted by Crippen LogP contribution is -2.46. The highest BCUT2D eigenvalue weighted by atomic mass is 16.4. The number of nitrogens with two attached hydrogens (primary N) is 1. The summed E-state index contributed by atoms with van der Waals surface area (Å²) in [6.45, 7) is 1.91. The van der Waals surface area contributed by atoms with Gasteiger partial charge in [-0.1, -0.05) is 0 Å². The van der Waals surface area contributed by atoms with E-state index in [4.69, 9.17) is 10.8 Å². The third-order valence-electron chi connectivity index (χ3n) is 3.59. The Labute approximate surface area is 77.7 Å². The molecular formula is C9H16N2O2. The van der Waals surface area contributed by atoms with Gasteiger partial charge in [0.15, 0.2) is 0 Å². The second-order valence-corrected chi connectivity index (χ2v) is 4.57. The molecule has 4 heteroatoms. The van der Waals surface area contributed by atoms with Crippen molar-refractivity contribution in [3.63, 3.8) is 0 Å². The number of carboxylic acids is 1. The average Bonchev–Trinajstić information content (AvgIpc) is 2.56. The van der Waals surface area contributed by atoms with E-state index in [0.29, 0.717) is 6.42 Å². The quantitative estimate of drug-likeness (QED) is 0.596. The van der Waals surface area contributed by atoms with Gasteiger partial charge in [0.25, 0.3) is 0 Å². The van der Waals surface area contributed by atoms with E-state index in [1.807, 2.05) is 7.05 Å². The number of likely N-dealkylation sites (tertiary alicyclic amines) is 1. The first-order valence-electron chi connectivity index (χ1n) is 4.71. The zero-order valence-corrected chi connectivity index (χ0v) is 7.92. The Morgan fingerprint density at radius 2 is 2.31 bits per heavy atom. The molecule has 2 rings (SSSR count). The van der Waals surface area contributed by atoms with Crippen LogP contribution >= 0.6 is 0 Å². The molecule has 4 nitrogen and oxygen atoms in total. The number of carboxylic acid groups (broad SMARTS) is 1. The van der Waals surface area contributed by atoms with Crippen molar-refractivity contribution in [1.82, 2.24) is 4.90 Å². The first-order valence-corrected chi connectivity index (χ1v) is 4.71. The molecule has 0 amide bonds. The van der Waals surface area contributed by atoms with Gasteiger partial charge in [0.1, 0.15) is 5.54 Å². The van der Waals surface area contributed by atoms with Crippen molar-refractivity contribution >= 4 is 5.97 Å². The molecule has 2 atom stereocenters. The minimum absolute atomic E-state index is 0.119. The molecule has 0 aromatic rings. The van der Waals surface area contributed by atoms with Gasteiger partial charge < -0.3 is 15.7 Å². The van der Waals surface area contributed by atoms with Crippen LogP contribution in [0, 0.1) is 5.41 Å². The van der Waals surface area contributed by atoms with Crippen LogP contribution < -0.4 is 5.73 Å². The van der Waals surface area contributed by atoms with Crippen LogP contribution in [0.3, 0.4) is 0 Å². The van der Waals surface area contributed by atoms with Crippen LogP contribution in [0.4, 0.5) is 0 Å². The topological polar surface area (TPSA) is 66.6 Å². The van der Waals surface area contributed by atoms with Crippen molar-refractivity contribution in [2.24, 2.45) is 11.1 Å². The predicted octanol–water partition coefficient (Wildman–Crippen LogP) is -0.116. The minimum atomic E-state index is -0.929. The largest absolute Gasteiger partial charge is 0.480 e. The van der Waals surface area contributed by atoms with Crippen molar-refractivity contribution in [3.8, 4) is 0 Å². The number of rotatable bonds is 1. The molecule has 1 aliphatic carbocycles. The number of nitrogens with zero attached hydrogens (tertiary/aromatic N) is 1. The molecule has 3 N–H and O–H groups in total. The van der Waals surface area contributed by atoms with Crippen molar-refractivity contribution in [2.75, 3.05) is 20.1 Å². The normalized spacial score (nSPS) is 45.1. The Bertz CT molecular complexity index is 256. The van der Waals surface area contributed by atoms with Crippen molar-refractivity contribution < 1.29 is 9.90 Å². The Balaban J connectivity index is 2.13. The lowest BCUT2D eigenvalue weighted by atomic mass is 9.90. The fourth-order valence-corrected chi connectivity index (χ4v) is 2.66. The standard InChI is InChI=1S/C9H16N2O2/c1-11-4-2-3-8(6-11)5-9(8,10)7(12)13/h2-6,10H2,1H3,(H,12,13). The van der Waals surface area contributed by atoms with Gasteiger partial charge in [0.05, 0.1) is 0 Å². The molecule has 1 heterocycles. The van der Waals surface area contributed by atoms with Gasteiger partial charge in [0.2, 0.25) is 0 Å². The van der Waals surface area contributed by atoms with E-state index in [2.05, 4.69) is 4.90 Å². The molecule has 74 valence electrons. The van der Waals surface area contributed by atoms with Crippen molar-refractivity contribution in [2.45, 2.75) is 24.8 Å². The summed E-state index contributed by atoms with van der Waals surface area (Å²) >= 11 is 0. The molecule has 1 saturated heterocycles. The summed E-state index contributed by atoms with van der Waals surface area (Å²) in [4.78, 5) is 13.1. The Morgan fingerprint density at radius 3 is 2.77 bits per heavy atom. The van der Waals surface area contributed by atoms with E-state index in [0.717, 1.165) is 25.9 Å². The zero-order chi connectivity index (χ0) is 9.69. The summed E-state index contributed by atoms with van der Waals surface area (Å²) in [7, 11) is 2.03. The van der Waals surface area contributed by atoms with Crippen LogP contribution in [0.5, 0.6) is 0 Å². The highest BCUT2D eigenvalue weighted by Crippen LogP contribution is 2.59. The zero-order valence-electron chi connectivity index (χ0n) is 7.92. The fraction of sp³-hybridized carbons (Fsp3) is 0.889. The summed E-state index contributed by atoms with van der Waals surface area (Å²) in [5.41, 5.74) is 4.79. The highest BCUT2D eigenvalue weighted by molar-refractivity contribution is 5.84. The number of aliphatic carboxylic acids is 1. The third-order valence-corrected chi connectivity index (χ3v) is 3.59. The van der Waals surface area contributed by atoms with Gasteiger partial charge in [0, 0.05) is 12.0 Å². The second kappa shape index (κ2) is 2.45. The fourth-order valence-electron chi connectivity index (χ4n) is 2.66. The molecule has 1 saturated carbocycles. The van der Waals surface area contributed by atoms with Gasteiger partial charge in [-0.2, -0.15) is 0 Å². The maximum absolute atomic E-state index is 10.9. The summed E-state index contributed by atoms with van der Waals surface area (Å²) < 4.78 is 0. The van der Waals surface area contributed by atoms with Crippen LogP contribution in [-0.4, -0.2) is 41.7 Å². The summed E-state index contributed by atoms with van der Waals surface area (Å²) in [6, 6.07) is 0. The Kier molecular flexibility index (Phi) is 1.69. The van der Waals surface area contributed by atoms with Gasteiger partial charge >= 0.3 is 5.97 Å². The van der Waals surface area contributed by atoms with Gasteiger partial charge in [-0.25, -0.2) is 0 Å². The summed E-state index contributed by atoms with van der Waals surface area (Å²) in [5, 5.41) is 8.97. The number of piperidine rings is 1. The number of hydrogen-bond acceptors (Lipinski definition) is 3. The molecule has 2 unspecified atom stereocenters. The predicted molar refractivity (Wildman–Crippen MR) is 48.3 cm³/mol. The van der Waals surface area contributed by atoms with Crippen LogP contribution in [0.1, 0.15) is 19.3 Å². The molecule has 2 aliphatic rings. The van der Waals surface area contributed by atoms with E-state index in [9.17, 15) is 4.79 Å². The number of hydrogen-bond donors (Lipinski definition) is 2. The summed E-state index contributed by atoms with van der Waals surface area (Å²) in [5.74, 6) is -0.831. The SMILES string of the molecule is CN1CCCC2(C1)CC2(N)C(=O)O. The first kappa shape index (κ1) is 8.97. The van der Waals surface area contributed by atoms with Gasteiger partial charge in [-0.05, 0) is 32.9 Å². The van der Waals surface area contributed by atoms with E-state index in [1.54, 1.807) is 0 Å². The van der Waals surface area contributed by atoms with Crippen LogP contribution in [0.15, 0.2) is 0 Å². The summed E-state index contributed by atoms with van der Waals surface area (Å²) in [6.07, 6.45) is 2.70.